The molecule has 5 heteroatoms. The fourth-order valence-corrected chi connectivity index (χ4v) is 1.62. The van der Waals surface area contributed by atoms with Crippen LogP contribution in [0.15, 0.2) is 12.4 Å². The zero-order valence-corrected chi connectivity index (χ0v) is 10.6. The van der Waals surface area contributed by atoms with E-state index in [1.54, 1.807) is 13.3 Å². The number of aliphatic hydroxyl groups is 1. The summed E-state index contributed by atoms with van der Waals surface area (Å²) in [4.78, 5) is 4.18. The molecule has 0 aliphatic rings. The molecule has 0 saturated heterocycles. The zero-order chi connectivity index (χ0) is 12.5. The van der Waals surface area contributed by atoms with Crippen LogP contribution in [0.3, 0.4) is 0 Å². The summed E-state index contributed by atoms with van der Waals surface area (Å²) in [7, 11) is 1.64. The number of hydrogen-bond acceptors (Lipinski definition) is 4. The Kier molecular flexibility index (Phi) is 6.84. The topological polar surface area (TPSA) is 56.5 Å². The van der Waals surface area contributed by atoms with Crippen LogP contribution in [0.4, 0.5) is 0 Å². The first-order valence-corrected chi connectivity index (χ1v) is 6.05. The third-order valence-corrected chi connectivity index (χ3v) is 2.48. The van der Waals surface area contributed by atoms with Gasteiger partial charge in [0.1, 0.15) is 11.9 Å². The molecule has 1 rings (SSSR count). The van der Waals surface area contributed by atoms with Crippen molar-refractivity contribution in [3.63, 3.8) is 0 Å². The van der Waals surface area contributed by atoms with Gasteiger partial charge in [-0.2, -0.15) is 0 Å². The molecule has 1 aromatic heterocycles. The summed E-state index contributed by atoms with van der Waals surface area (Å²) in [6.07, 6.45) is 4.65. The molecule has 1 atom stereocenters. The van der Waals surface area contributed by atoms with Gasteiger partial charge in [0.25, 0.3) is 0 Å². The minimum Gasteiger partial charge on any atom is -0.385 e. The predicted octanol–water partition coefficient (Wildman–Crippen LogP) is 1.38. The third kappa shape index (κ3) is 4.85. The summed E-state index contributed by atoms with van der Waals surface area (Å²) in [5.41, 5.74) is 0. The number of aliphatic hydroxyl groups excluding tert-OH is 1. The standard InChI is InChI=1S/C12H22N2O3/c1-3-6-14-7-5-13-12(14)11(15)4-8-17-10-9-16-2/h5,7,11,15H,3-4,6,8-10H2,1-2H3. The van der Waals surface area contributed by atoms with Crippen molar-refractivity contribution in [2.75, 3.05) is 26.9 Å². The van der Waals surface area contributed by atoms with E-state index in [0.29, 0.717) is 26.2 Å². The smallest absolute Gasteiger partial charge is 0.137 e. The van der Waals surface area contributed by atoms with Crippen molar-refractivity contribution in [2.24, 2.45) is 0 Å². The van der Waals surface area contributed by atoms with Gasteiger partial charge in [0.15, 0.2) is 0 Å². The summed E-state index contributed by atoms with van der Waals surface area (Å²) >= 11 is 0. The van der Waals surface area contributed by atoms with Crippen LogP contribution >= 0.6 is 0 Å². The Balaban J connectivity index is 2.30. The van der Waals surface area contributed by atoms with Gasteiger partial charge in [0.05, 0.1) is 13.2 Å². The molecule has 0 spiro atoms. The van der Waals surface area contributed by atoms with Crippen LogP contribution < -0.4 is 0 Å². The number of ether oxygens (including phenoxy) is 2. The van der Waals surface area contributed by atoms with Gasteiger partial charge in [-0.05, 0) is 6.42 Å². The molecule has 5 nitrogen and oxygen atoms in total. The van der Waals surface area contributed by atoms with E-state index in [-0.39, 0.29) is 0 Å². The van der Waals surface area contributed by atoms with Gasteiger partial charge in [0, 0.05) is 39.1 Å². The molecule has 0 aromatic carbocycles. The number of rotatable bonds is 9. The Morgan fingerprint density at radius 3 is 2.94 bits per heavy atom. The molecule has 0 aliphatic heterocycles. The van der Waals surface area contributed by atoms with E-state index in [2.05, 4.69) is 11.9 Å². The predicted molar refractivity (Wildman–Crippen MR) is 64.8 cm³/mol. The van der Waals surface area contributed by atoms with Crippen LogP contribution in [-0.2, 0) is 16.0 Å². The average molecular weight is 242 g/mol. The first-order chi connectivity index (χ1) is 8.29. The minimum absolute atomic E-state index is 0.517. The molecule has 17 heavy (non-hydrogen) atoms. The van der Waals surface area contributed by atoms with Gasteiger partial charge in [-0.15, -0.1) is 0 Å². The number of methoxy groups -OCH3 is 1. The van der Waals surface area contributed by atoms with Crippen molar-refractivity contribution in [3.8, 4) is 0 Å². The second-order valence-corrected chi connectivity index (χ2v) is 3.89. The van der Waals surface area contributed by atoms with Gasteiger partial charge < -0.3 is 19.1 Å². The number of aryl methyl sites for hydroxylation is 1. The number of imidazole rings is 1. The Labute approximate surface area is 102 Å². The van der Waals surface area contributed by atoms with Crippen LogP contribution in [0.1, 0.15) is 31.7 Å². The summed E-state index contributed by atoms with van der Waals surface area (Å²) < 4.78 is 12.2. The van der Waals surface area contributed by atoms with E-state index in [1.807, 2.05) is 10.8 Å². The normalized spacial score (nSPS) is 12.9. The van der Waals surface area contributed by atoms with Crippen LogP contribution in [0.5, 0.6) is 0 Å². The maximum absolute atomic E-state index is 9.98. The fraction of sp³-hybridized carbons (Fsp3) is 0.750. The molecule has 1 unspecified atom stereocenters. The van der Waals surface area contributed by atoms with Crippen molar-refractivity contribution in [3.05, 3.63) is 18.2 Å². The first-order valence-electron chi connectivity index (χ1n) is 6.05. The second kappa shape index (κ2) is 8.22. The lowest BCUT2D eigenvalue weighted by Gasteiger charge is -2.12. The van der Waals surface area contributed by atoms with Crippen molar-refractivity contribution >= 4 is 0 Å². The van der Waals surface area contributed by atoms with Gasteiger partial charge >= 0.3 is 0 Å². The SMILES string of the molecule is CCCn1ccnc1C(O)CCOCCOC. The summed E-state index contributed by atoms with van der Waals surface area (Å²) in [6, 6.07) is 0. The minimum atomic E-state index is -0.556. The second-order valence-electron chi connectivity index (χ2n) is 3.89. The Morgan fingerprint density at radius 2 is 2.24 bits per heavy atom. The highest BCUT2D eigenvalue weighted by Gasteiger charge is 2.13. The van der Waals surface area contributed by atoms with Gasteiger partial charge in [0.2, 0.25) is 0 Å². The highest BCUT2D eigenvalue weighted by atomic mass is 16.5. The third-order valence-electron chi connectivity index (χ3n) is 2.48. The summed E-state index contributed by atoms with van der Waals surface area (Å²) in [6.45, 7) is 4.65. The maximum atomic E-state index is 9.98. The van der Waals surface area contributed by atoms with E-state index in [9.17, 15) is 5.11 Å². The first kappa shape index (κ1) is 14.2. The van der Waals surface area contributed by atoms with Crippen molar-refractivity contribution < 1.29 is 14.6 Å². The molecule has 0 fully saturated rings. The summed E-state index contributed by atoms with van der Waals surface area (Å²) in [5, 5.41) is 9.98. The lowest BCUT2D eigenvalue weighted by molar-refractivity contribution is 0.0449. The molecule has 0 amide bonds. The van der Waals surface area contributed by atoms with E-state index in [0.717, 1.165) is 18.8 Å². The Bertz CT molecular complexity index is 302. The Morgan fingerprint density at radius 1 is 1.41 bits per heavy atom. The van der Waals surface area contributed by atoms with Gasteiger partial charge in [-0.25, -0.2) is 4.98 Å². The number of aromatic nitrogens is 2. The molecular formula is C12H22N2O3. The van der Waals surface area contributed by atoms with Crippen molar-refractivity contribution in [1.29, 1.82) is 0 Å². The highest BCUT2D eigenvalue weighted by Crippen LogP contribution is 2.14. The number of nitrogens with zero attached hydrogens (tertiary/aromatic N) is 2. The summed E-state index contributed by atoms with van der Waals surface area (Å²) in [5.74, 6) is 0.724. The Hall–Kier alpha value is -0.910. The highest BCUT2D eigenvalue weighted by molar-refractivity contribution is 4.96. The average Bonchev–Trinajstić information content (AvgIpc) is 2.77. The zero-order valence-electron chi connectivity index (χ0n) is 10.6. The molecule has 1 heterocycles. The molecule has 0 bridgehead atoms. The fourth-order valence-electron chi connectivity index (χ4n) is 1.62. The van der Waals surface area contributed by atoms with E-state index in [4.69, 9.17) is 9.47 Å². The monoisotopic (exact) mass is 242 g/mol. The van der Waals surface area contributed by atoms with E-state index in [1.165, 1.54) is 0 Å². The van der Waals surface area contributed by atoms with Gasteiger partial charge in [-0.1, -0.05) is 6.92 Å². The quantitative estimate of drug-likeness (QED) is 0.665. The van der Waals surface area contributed by atoms with Crippen LogP contribution in [0.2, 0.25) is 0 Å². The van der Waals surface area contributed by atoms with E-state index >= 15 is 0 Å². The molecule has 0 radical (unpaired) electrons. The largest absolute Gasteiger partial charge is 0.385 e. The van der Waals surface area contributed by atoms with Crippen LogP contribution in [0.25, 0.3) is 0 Å². The molecule has 0 saturated carbocycles. The molecular weight excluding hydrogens is 220 g/mol. The van der Waals surface area contributed by atoms with E-state index < -0.39 is 6.10 Å². The molecule has 1 aromatic rings. The van der Waals surface area contributed by atoms with Crippen LogP contribution in [-0.4, -0.2) is 41.6 Å². The molecule has 1 N–H and O–H groups in total. The molecule has 0 aliphatic carbocycles. The van der Waals surface area contributed by atoms with Crippen LogP contribution in [0, 0.1) is 0 Å². The lowest BCUT2D eigenvalue weighted by Crippen LogP contribution is -2.12. The lowest BCUT2D eigenvalue weighted by atomic mass is 10.2. The molecule has 98 valence electrons. The van der Waals surface area contributed by atoms with Gasteiger partial charge in [-0.3, -0.25) is 0 Å². The van der Waals surface area contributed by atoms with Crippen molar-refractivity contribution in [2.45, 2.75) is 32.4 Å². The number of hydrogen-bond donors (Lipinski definition) is 1. The van der Waals surface area contributed by atoms with Crippen molar-refractivity contribution in [1.82, 2.24) is 9.55 Å². The maximum Gasteiger partial charge on any atom is 0.137 e.